The van der Waals surface area contributed by atoms with Crippen LogP contribution < -0.4 is 4.90 Å². The topological polar surface area (TPSA) is 36.4 Å². The lowest BCUT2D eigenvalue weighted by Crippen LogP contribution is -2.18. The van der Waals surface area contributed by atoms with Crippen molar-refractivity contribution < 1.29 is 5.11 Å². The van der Waals surface area contributed by atoms with Gasteiger partial charge in [-0.15, -0.1) is 0 Å². The molecule has 0 bridgehead atoms. The van der Waals surface area contributed by atoms with Crippen molar-refractivity contribution in [2.75, 3.05) is 11.4 Å². The van der Waals surface area contributed by atoms with Gasteiger partial charge in [0, 0.05) is 17.6 Å². The average molecular weight is 304 g/mol. The Labute approximate surface area is 131 Å². The van der Waals surface area contributed by atoms with Gasteiger partial charge in [-0.3, -0.25) is 0 Å². The molecule has 1 heterocycles. The molecule has 3 nitrogen and oxygen atoms in total. The number of para-hydroxylation sites is 1. The van der Waals surface area contributed by atoms with E-state index in [0.29, 0.717) is 0 Å². The number of rotatable bonds is 4. The van der Waals surface area contributed by atoms with Crippen LogP contribution in [0.15, 0.2) is 24.3 Å². The van der Waals surface area contributed by atoms with Crippen LogP contribution in [0, 0.1) is 6.92 Å². The second-order valence-corrected chi connectivity index (χ2v) is 7.27. The number of hydrogen-bond donors (Lipinski definition) is 1. The van der Waals surface area contributed by atoms with Gasteiger partial charge in [-0.05, 0) is 25.5 Å². The molecule has 0 amide bonds. The summed E-state index contributed by atoms with van der Waals surface area (Å²) in [6.07, 6.45) is 0. The molecule has 1 aromatic carbocycles. The van der Waals surface area contributed by atoms with Gasteiger partial charge in [-0.2, -0.15) is 0 Å². The normalized spacial score (nSPS) is 11.7. The van der Waals surface area contributed by atoms with E-state index >= 15 is 0 Å². The predicted octanol–water partition coefficient (Wildman–Crippen LogP) is 4.40. The molecule has 114 valence electrons. The molecule has 2 aromatic rings. The third-order valence-electron chi connectivity index (χ3n) is 3.49. The summed E-state index contributed by atoms with van der Waals surface area (Å²) in [6.45, 7) is 11.5. The second-order valence-electron chi connectivity index (χ2n) is 6.21. The van der Waals surface area contributed by atoms with Crippen LogP contribution in [0.1, 0.15) is 43.8 Å². The third-order valence-corrected chi connectivity index (χ3v) is 4.56. The second kappa shape index (κ2) is 6.16. The highest BCUT2D eigenvalue weighted by atomic mass is 32.1. The van der Waals surface area contributed by atoms with Crippen LogP contribution in [0.4, 0.5) is 10.8 Å². The van der Waals surface area contributed by atoms with E-state index in [1.165, 1.54) is 11.3 Å². The van der Waals surface area contributed by atoms with Gasteiger partial charge in [0.15, 0.2) is 5.13 Å². The van der Waals surface area contributed by atoms with Crippen molar-refractivity contribution >= 4 is 22.2 Å². The molecule has 0 saturated carbocycles. The number of aliphatic hydroxyl groups excluding tert-OH is 1. The fourth-order valence-corrected chi connectivity index (χ4v) is 3.63. The quantitative estimate of drug-likeness (QED) is 0.909. The van der Waals surface area contributed by atoms with Gasteiger partial charge in [0.25, 0.3) is 0 Å². The number of aromatic nitrogens is 1. The summed E-state index contributed by atoms with van der Waals surface area (Å²) in [5.74, 6) is 0. The number of hydrogen-bond acceptors (Lipinski definition) is 4. The van der Waals surface area contributed by atoms with E-state index in [2.05, 4.69) is 57.7 Å². The molecular formula is C17H24N2OS. The van der Waals surface area contributed by atoms with Gasteiger partial charge in [0.05, 0.1) is 17.2 Å². The first-order valence-electron chi connectivity index (χ1n) is 7.32. The summed E-state index contributed by atoms with van der Waals surface area (Å²) >= 11 is 1.59. The minimum atomic E-state index is -0.0576. The van der Waals surface area contributed by atoms with Crippen LogP contribution in [-0.4, -0.2) is 16.6 Å². The van der Waals surface area contributed by atoms with Crippen LogP contribution in [0.2, 0.25) is 0 Å². The Morgan fingerprint density at radius 2 is 1.90 bits per heavy atom. The van der Waals surface area contributed by atoms with Crippen LogP contribution in [0.25, 0.3) is 0 Å². The van der Waals surface area contributed by atoms with Gasteiger partial charge >= 0.3 is 0 Å². The van der Waals surface area contributed by atoms with Gasteiger partial charge in [-0.1, -0.05) is 50.3 Å². The molecule has 0 spiro atoms. The zero-order chi connectivity index (χ0) is 15.6. The zero-order valence-electron chi connectivity index (χ0n) is 13.5. The fraction of sp³-hybridized carbons (Fsp3) is 0.471. The van der Waals surface area contributed by atoms with Crippen LogP contribution in [-0.2, 0) is 12.0 Å². The Hall–Kier alpha value is -1.39. The van der Waals surface area contributed by atoms with E-state index in [4.69, 9.17) is 4.98 Å². The summed E-state index contributed by atoms with van der Waals surface area (Å²) in [4.78, 5) is 8.00. The molecule has 1 N–H and O–H groups in total. The number of anilines is 2. The smallest absolute Gasteiger partial charge is 0.190 e. The molecule has 1 aromatic heterocycles. The maximum absolute atomic E-state index is 9.63. The molecule has 0 aliphatic heterocycles. The summed E-state index contributed by atoms with van der Waals surface area (Å²) in [6, 6.07) is 8.34. The number of thiazole rings is 1. The molecule has 21 heavy (non-hydrogen) atoms. The molecule has 0 saturated heterocycles. The first-order valence-corrected chi connectivity index (χ1v) is 8.14. The predicted molar refractivity (Wildman–Crippen MR) is 90.6 cm³/mol. The van der Waals surface area contributed by atoms with Crippen molar-refractivity contribution in [3.63, 3.8) is 0 Å². The van der Waals surface area contributed by atoms with Gasteiger partial charge < -0.3 is 10.0 Å². The molecule has 0 aliphatic carbocycles. The Kier molecular flexibility index (Phi) is 4.69. The van der Waals surface area contributed by atoms with E-state index in [9.17, 15) is 5.11 Å². The van der Waals surface area contributed by atoms with E-state index < -0.39 is 0 Å². The van der Waals surface area contributed by atoms with E-state index in [1.807, 2.05) is 6.07 Å². The van der Waals surface area contributed by atoms with Crippen LogP contribution >= 0.6 is 11.3 Å². The van der Waals surface area contributed by atoms with Crippen molar-refractivity contribution in [1.82, 2.24) is 4.98 Å². The summed E-state index contributed by atoms with van der Waals surface area (Å²) in [7, 11) is 0. The van der Waals surface area contributed by atoms with Crippen molar-refractivity contribution in [2.45, 2.75) is 46.6 Å². The van der Waals surface area contributed by atoms with Gasteiger partial charge in [0.2, 0.25) is 0 Å². The number of aliphatic hydroxyl groups is 1. The van der Waals surface area contributed by atoms with Gasteiger partial charge in [-0.25, -0.2) is 4.98 Å². The molecule has 0 aliphatic rings. The molecule has 0 unspecified atom stereocenters. The van der Waals surface area contributed by atoms with Crippen molar-refractivity contribution in [2.24, 2.45) is 0 Å². The molecule has 0 radical (unpaired) electrons. The minimum absolute atomic E-state index is 0.0512. The maximum Gasteiger partial charge on any atom is 0.190 e. The minimum Gasteiger partial charge on any atom is -0.391 e. The molecule has 2 rings (SSSR count). The highest BCUT2D eigenvalue weighted by molar-refractivity contribution is 7.15. The maximum atomic E-state index is 9.63. The third kappa shape index (κ3) is 3.27. The molecule has 0 atom stereocenters. The SMILES string of the molecule is CCN(c1nc(C(C)(C)C)c(CO)s1)c1ccccc1C. The Morgan fingerprint density at radius 3 is 2.38 bits per heavy atom. The van der Waals surface area contributed by atoms with E-state index in [1.54, 1.807) is 11.3 Å². The zero-order valence-corrected chi connectivity index (χ0v) is 14.3. The highest BCUT2D eigenvalue weighted by Crippen LogP contribution is 2.37. The molecular weight excluding hydrogens is 280 g/mol. The van der Waals surface area contributed by atoms with E-state index in [-0.39, 0.29) is 12.0 Å². The highest BCUT2D eigenvalue weighted by Gasteiger charge is 2.25. The first kappa shape index (κ1) is 16.0. The first-order chi connectivity index (χ1) is 9.88. The van der Waals surface area contributed by atoms with Crippen molar-refractivity contribution in [3.8, 4) is 0 Å². The molecule has 0 fully saturated rings. The Balaban J connectivity index is 2.49. The average Bonchev–Trinajstić information content (AvgIpc) is 2.86. The molecule has 4 heteroatoms. The van der Waals surface area contributed by atoms with Gasteiger partial charge in [0.1, 0.15) is 0 Å². The standard InChI is InChI=1S/C17H24N2OS/c1-6-19(13-10-8-7-9-12(13)2)16-18-15(17(3,4)5)14(11-20)21-16/h7-10,20H,6,11H2,1-5H3. The lowest BCUT2D eigenvalue weighted by atomic mass is 9.91. The largest absolute Gasteiger partial charge is 0.391 e. The lowest BCUT2D eigenvalue weighted by molar-refractivity contribution is 0.282. The van der Waals surface area contributed by atoms with Crippen molar-refractivity contribution in [1.29, 1.82) is 0 Å². The number of aryl methyl sites for hydroxylation is 1. The lowest BCUT2D eigenvalue weighted by Gasteiger charge is -2.22. The Bertz CT molecular complexity index is 613. The Morgan fingerprint density at radius 1 is 1.24 bits per heavy atom. The van der Waals surface area contributed by atoms with Crippen molar-refractivity contribution in [3.05, 3.63) is 40.4 Å². The summed E-state index contributed by atoms with van der Waals surface area (Å²) in [5, 5.41) is 10.6. The fourth-order valence-electron chi connectivity index (χ4n) is 2.42. The van der Waals surface area contributed by atoms with Crippen LogP contribution in [0.3, 0.4) is 0 Å². The summed E-state index contributed by atoms with van der Waals surface area (Å²) < 4.78 is 0. The number of nitrogens with zero attached hydrogens (tertiary/aromatic N) is 2. The monoisotopic (exact) mass is 304 g/mol. The number of benzene rings is 1. The summed E-state index contributed by atoms with van der Waals surface area (Å²) in [5.41, 5.74) is 3.35. The van der Waals surface area contributed by atoms with E-state index in [0.717, 1.165) is 22.2 Å². The van der Waals surface area contributed by atoms with Crippen LogP contribution in [0.5, 0.6) is 0 Å².